The molecule has 0 spiro atoms. The number of nitrogens with one attached hydrogen (secondary N) is 1. The Balaban J connectivity index is 2.07. The van der Waals surface area contributed by atoms with Gasteiger partial charge in [-0.15, -0.1) is 0 Å². The van der Waals surface area contributed by atoms with Crippen LogP contribution in [0.3, 0.4) is 0 Å². The van der Waals surface area contributed by atoms with E-state index < -0.39 is 0 Å². The number of hydrogen-bond acceptors (Lipinski definition) is 4. The third-order valence-electron chi connectivity index (χ3n) is 2.29. The molecular formula is C10H14N2O2. The van der Waals surface area contributed by atoms with Gasteiger partial charge in [0.1, 0.15) is 6.10 Å². The fraction of sp³-hybridized carbons (Fsp3) is 0.500. The van der Waals surface area contributed by atoms with Gasteiger partial charge >= 0.3 is 0 Å². The maximum Gasteiger partial charge on any atom is 0.112 e. The lowest BCUT2D eigenvalue weighted by Gasteiger charge is -2.23. The predicted octanol–water partition coefficient (Wildman–Crippen LogP) is 0.235. The normalized spacial score (nSPS) is 22.2. The maximum atomic E-state index is 8.86. The Bertz CT molecular complexity index is 281. The van der Waals surface area contributed by atoms with Gasteiger partial charge in [-0.2, -0.15) is 0 Å². The maximum absolute atomic E-state index is 8.86. The van der Waals surface area contributed by atoms with Gasteiger partial charge in [0.2, 0.25) is 0 Å². The van der Waals surface area contributed by atoms with Crippen molar-refractivity contribution in [1.82, 2.24) is 10.3 Å². The molecule has 1 aromatic rings. The van der Waals surface area contributed by atoms with Crippen LogP contribution in [0.15, 0.2) is 18.3 Å². The number of hydrogen-bond donors (Lipinski definition) is 2. The van der Waals surface area contributed by atoms with Crippen molar-refractivity contribution in [3.63, 3.8) is 0 Å². The van der Waals surface area contributed by atoms with Crippen molar-refractivity contribution in [3.05, 3.63) is 29.6 Å². The van der Waals surface area contributed by atoms with Crippen LogP contribution in [0.1, 0.15) is 17.4 Å². The third kappa shape index (κ3) is 2.09. The second kappa shape index (κ2) is 4.50. The Hall–Kier alpha value is -0.970. The Kier molecular flexibility index (Phi) is 3.08. The molecule has 1 aliphatic heterocycles. The SMILES string of the molecule is OCc1ccc(C2CNCCO2)nc1. The van der Waals surface area contributed by atoms with E-state index in [9.17, 15) is 0 Å². The third-order valence-corrected chi connectivity index (χ3v) is 2.29. The van der Waals surface area contributed by atoms with E-state index >= 15 is 0 Å². The minimum Gasteiger partial charge on any atom is -0.392 e. The summed E-state index contributed by atoms with van der Waals surface area (Å²) in [6.45, 7) is 2.49. The molecule has 0 aliphatic carbocycles. The highest BCUT2D eigenvalue weighted by Gasteiger charge is 2.16. The molecule has 4 heteroatoms. The van der Waals surface area contributed by atoms with E-state index in [1.807, 2.05) is 12.1 Å². The Morgan fingerprint density at radius 1 is 1.57 bits per heavy atom. The molecule has 4 nitrogen and oxygen atoms in total. The lowest BCUT2D eigenvalue weighted by atomic mass is 10.2. The van der Waals surface area contributed by atoms with Crippen LogP contribution >= 0.6 is 0 Å². The summed E-state index contributed by atoms with van der Waals surface area (Å²) in [5, 5.41) is 12.1. The molecule has 0 radical (unpaired) electrons. The summed E-state index contributed by atoms with van der Waals surface area (Å²) in [7, 11) is 0. The van der Waals surface area contributed by atoms with Crippen molar-refractivity contribution in [2.24, 2.45) is 0 Å². The first kappa shape index (κ1) is 9.58. The van der Waals surface area contributed by atoms with Crippen molar-refractivity contribution in [2.45, 2.75) is 12.7 Å². The first-order chi connectivity index (χ1) is 6.90. The van der Waals surface area contributed by atoms with Crippen molar-refractivity contribution < 1.29 is 9.84 Å². The highest BCUT2D eigenvalue weighted by Crippen LogP contribution is 2.16. The largest absolute Gasteiger partial charge is 0.392 e. The molecule has 2 heterocycles. The summed E-state index contributed by atoms with van der Waals surface area (Å²) in [5.74, 6) is 0. The zero-order valence-corrected chi connectivity index (χ0v) is 7.94. The molecule has 0 bridgehead atoms. The van der Waals surface area contributed by atoms with Gasteiger partial charge in [-0.05, 0) is 11.6 Å². The molecule has 76 valence electrons. The number of ether oxygens (including phenoxy) is 1. The minimum absolute atomic E-state index is 0.0387. The van der Waals surface area contributed by atoms with Crippen LogP contribution in [0.5, 0.6) is 0 Å². The molecule has 2 rings (SSSR count). The van der Waals surface area contributed by atoms with Crippen LogP contribution < -0.4 is 5.32 Å². The number of aromatic nitrogens is 1. The van der Waals surface area contributed by atoms with E-state index in [2.05, 4.69) is 10.3 Å². The fourth-order valence-electron chi connectivity index (χ4n) is 1.48. The first-order valence-electron chi connectivity index (χ1n) is 4.78. The Labute approximate surface area is 82.9 Å². The van der Waals surface area contributed by atoms with E-state index in [-0.39, 0.29) is 12.7 Å². The van der Waals surface area contributed by atoms with Crippen LogP contribution in [0.2, 0.25) is 0 Å². The quantitative estimate of drug-likeness (QED) is 0.708. The summed E-state index contributed by atoms with van der Waals surface area (Å²) in [6, 6.07) is 3.78. The molecule has 0 aromatic carbocycles. The fourth-order valence-corrected chi connectivity index (χ4v) is 1.48. The molecule has 2 N–H and O–H groups in total. The van der Waals surface area contributed by atoms with Gasteiger partial charge in [0, 0.05) is 19.3 Å². The van der Waals surface area contributed by atoms with Gasteiger partial charge in [0.15, 0.2) is 0 Å². The van der Waals surface area contributed by atoms with Gasteiger partial charge < -0.3 is 15.2 Å². The van der Waals surface area contributed by atoms with Crippen LogP contribution in [-0.4, -0.2) is 29.8 Å². The highest BCUT2D eigenvalue weighted by molar-refractivity contribution is 5.15. The Morgan fingerprint density at radius 2 is 2.50 bits per heavy atom. The molecule has 0 saturated carbocycles. The smallest absolute Gasteiger partial charge is 0.112 e. The molecular weight excluding hydrogens is 180 g/mol. The second-order valence-electron chi connectivity index (χ2n) is 3.31. The van der Waals surface area contributed by atoms with Crippen molar-refractivity contribution in [3.8, 4) is 0 Å². The van der Waals surface area contributed by atoms with Crippen LogP contribution in [0.25, 0.3) is 0 Å². The predicted molar refractivity (Wildman–Crippen MR) is 51.7 cm³/mol. The Morgan fingerprint density at radius 3 is 3.07 bits per heavy atom. The topological polar surface area (TPSA) is 54.4 Å². The second-order valence-corrected chi connectivity index (χ2v) is 3.31. The summed E-state index contributed by atoms with van der Waals surface area (Å²) >= 11 is 0. The van der Waals surface area contributed by atoms with Gasteiger partial charge in [-0.1, -0.05) is 6.07 Å². The van der Waals surface area contributed by atoms with Crippen molar-refractivity contribution in [2.75, 3.05) is 19.7 Å². The number of aliphatic hydroxyl groups is 1. The molecule has 1 aromatic heterocycles. The minimum atomic E-state index is 0.0387. The van der Waals surface area contributed by atoms with E-state index in [4.69, 9.17) is 9.84 Å². The van der Waals surface area contributed by atoms with Gasteiger partial charge in [-0.25, -0.2) is 0 Å². The average Bonchev–Trinajstić information content (AvgIpc) is 2.30. The van der Waals surface area contributed by atoms with Crippen LogP contribution in [0.4, 0.5) is 0 Å². The summed E-state index contributed by atoms with van der Waals surface area (Å²) < 4.78 is 5.55. The van der Waals surface area contributed by atoms with Crippen LogP contribution in [-0.2, 0) is 11.3 Å². The average molecular weight is 194 g/mol. The van der Waals surface area contributed by atoms with Gasteiger partial charge in [0.25, 0.3) is 0 Å². The number of nitrogens with zero attached hydrogens (tertiary/aromatic N) is 1. The standard InChI is InChI=1S/C10H14N2O2/c13-7-8-1-2-9(12-5-8)10-6-11-3-4-14-10/h1-2,5,10-11,13H,3-4,6-7H2. The summed E-state index contributed by atoms with van der Waals surface area (Å²) in [6.07, 6.45) is 1.74. The molecule has 0 amide bonds. The molecule has 1 unspecified atom stereocenters. The van der Waals surface area contributed by atoms with E-state index in [0.717, 1.165) is 31.0 Å². The first-order valence-corrected chi connectivity index (χ1v) is 4.78. The number of rotatable bonds is 2. The summed E-state index contributed by atoms with van der Waals surface area (Å²) in [4.78, 5) is 4.25. The monoisotopic (exact) mass is 194 g/mol. The lowest BCUT2D eigenvalue weighted by molar-refractivity contribution is 0.0250. The number of pyridine rings is 1. The number of aliphatic hydroxyl groups excluding tert-OH is 1. The lowest BCUT2D eigenvalue weighted by Crippen LogP contribution is -2.33. The van der Waals surface area contributed by atoms with Crippen LogP contribution in [0, 0.1) is 0 Å². The highest BCUT2D eigenvalue weighted by atomic mass is 16.5. The zero-order chi connectivity index (χ0) is 9.80. The molecule has 1 saturated heterocycles. The van der Waals surface area contributed by atoms with E-state index in [0.29, 0.717) is 0 Å². The zero-order valence-electron chi connectivity index (χ0n) is 7.94. The molecule has 1 fully saturated rings. The van der Waals surface area contributed by atoms with Gasteiger partial charge in [0.05, 0.1) is 18.9 Å². The van der Waals surface area contributed by atoms with E-state index in [1.54, 1.807) is 6.20 Å². The summed E-state index contributed by atoms with van der Waals surface area (Å²) in [5.41, 5.74) is 1.76. The molecule has 1 aliphatic rings. The van der Waals surface area contributed by atoms with Gasteiger partial charge in [-0.3, -0.25) is 4.98 Å². The van der Waals surface area contributed by atoms with Crippen molar-refractivity contribution >= 4 is 0 Å². The molecule has 1 atom stereocenters. The number of morpholine rings is 1. The van der Waals surface area contributed by atoms with E-state index in [1.165, 1.54) is 0 Å². The van der Waals surface area contributed by atoms with Crippen molar-refractivity contribution in [1.29, 1.82) is 0 Å². The molecule has 14 heavy (non-hydrogen) atoms.